The maximum absolute atomic E-state index is 10.4. The number of hydrogen-bond acceptors (Lipinski definition) is 2. The number of carbonyl (C=O) groups is 1. The first-order chi connectivity index (χ1) is 9.18. The lowest BCUT2D eigenvalue weighted by atomic mass is 9.94. The Morgan fingerprint density at radius 3 is 2.89 bits per heavy atom. The van der Waals surface area contributed by atoms with Crippen LogP contribution in [0.5, 0.6) is 0 Å². The van der Waals surface area contributed by atoms with Crippen molar-refractivity contribution in [2.75, 3.05) is 6.61 Å². The van der Waals surface area contributed by atoms with E-state index in [4.69, 9.17) is 9.84 Å². The second-order valence-corrected chi connectivity index (χ2v) is 4.84. The molecule has 0 aromatic heterocycles. The fourth-order valence-electron chi connectivity index (χ4n) is 2.01. The van der Waals surface area contributed by atoms with Gasteiger partial charge >= 0.3 is 5.97 Å². The molecular weight excluding hydrogens is 240 g/mol. The SMILES string of the molecule is CCCOC1(/C=C/CCCCC(=O)O)C=CC=CC1. The van der Waals surface area contributed by atoms with Crippen molar-refractivity contribution in [3.05, 3.63) is 36.5 Å². The summed E-state index contributed by atoms with van der Waals surface area (Å²) in [6.07, 6.45) is 17.2. The number of rotatable bonds is 9. The van der Waals surface area contributed by atoms with Gasteiger partial charge in [-0.2, -0.15) is 0 Å². The molecule has 0 aliphatic heterocycles. The van der Waals surface area contributed by atoms with E-state index < -0.39 is 5.97 Å². The minimum atomic E-state index is -0.716. The van der Waals surface area contributed by atoms with E-state index in [9.17, 15) is 4.79 Å². The third kappa shape index (κ3) is 6.39. The normalized spacial score (nSPS) is 22.2. The summed E-state index contributed by atoms with van der Waals surface area (Å²) < 4.78 is 5.95. The van der Waals surface area contributed by atoms with Crippen LogP contribution in [0.4, 0.5) is 0 Å². The van der Waals surface area contributed by atoms with Gasteiger partial charge < -0.3 is 9.84 Å². The standard InChI is InChI=1S/C16H24O3/c1-2-14-19-16(12-8-5-9-13-16)11-7-4-3-6-10-15(17)18/h5,7-9,11-12H,2-4,6,10,13-14H2,1H3,(H,17,18)/b11-7+. The van der Waals surface area contributed by atoms with Crippen molar-refractivity contribution in [3.63, 3.8) is 0 Å². The number of carboxylic acids is 1. The lowest BCUT2D eigenvalue weighted by Gasteiger charge is -2.28. The lowest BCUT2D eigenvalue weighted by molar-refractivity contribution is -0.137. The van der Waals surface area contributed by atoms with Crippen molar-refractivity contribution in [1.29, 1.82) is 0 Å². The number of carboxylic acid groups (broad SMARTS) is 1. The number of aliphatic carboxylic acids is 1. The Balaban J connectivity index is 2.37. The molecule has 0 aromatic rings. The van der Waals surface area contributed by atoms with Gasteiger partial charge in [-0.15, -0.1) is 0 Å². The summed E-state index contributed by atoms with van der Waals surface area (Å²) in [5.41, 5.74) is -0.294. The van der Waals surface area contributed by atoms with Crippen LogP contribution >= 0.6 is 0 Å². The van der Waals surface area contributed by atoms with Crippen molar-refractivity contribution in [2.45, 2.75) is 51.0 Å². The fraction of sp³-hybridized carbons (Fsp3) is 0.562. The molecule has 1 aliphatic rings. The molecule has 0 radical (unpaired) electrons. The first kappa shape index (κ1) is 15.7. The predicted molar refractivity (Wildman–Crippen MR) is 77.1 cm³/mol. The Morgan fingerprint density at radius 1 is 1.42 bits per heavy atom. The zero-order valence-corrected chi connectivity index (χ0v) is 11.7. The van der Waals surface area contributed by atoms with Gasteiger partial charge in [0.1, 0.15) is 5.60 Å². The molecule has 0 fully saturated rings. The van der Waals surface area contributed by atoms with E-state index in [0.717, 1.165) is 38.7 Å². The topological polar surface area (TPSA) is 46.5 Å². The van der Waals surface area contributed by atoms with Crippen molar-refractivity contribution in [3.8, 4) is 0 Å². The van der Waals surface area contributed by atoms with Gasteiger partial charge in [0.15, 0.2) is 0 Å². The lowest BCUT2D eigenvalue weighted by Crippen LogP contribution is -2.28. The van der Waals surface area contributed by atoms with Crippen LogP contribution in [0.3, 0.4) is 0 Å². The van der Waals surface area contributed by atoms with Crippen LogP contribution in [0.1, 0.15) is 45.4 Å². The molecule has 0 bridgehead atoms. The summed E-state index contributed by atoms with van der Waals surface area (Å²) in [6.45, 7) is 2.85. The zero-order chi connectivity index (χ0) is 14.0. The van der Waals surface area contributed by atoms with Gasteiger partial charge in [0.25, 0.3) is 0 Å². The monoisotopic (exact) mass is 264 g/mol. The van der Waals surface area contributed by atoms with Crippen LogP contribution in [-0.2, 0) is 9.53 Å². The van der Waals surface area contributed by atoms with E-state index in [0.29, 0.717) is 0 Å². The van der Waals surface area contributed by atoms with Crippen molar-refractivity contribution in [2.24, 2.45) is 0 Å². The molecule has 1 aliphatic carbocycles. The van der Waals surface area contributed by atoms with Crippen LogP contribution < -0.4 is 0 Å². The molecule has 3 heteroatoms. The van der Waals surface area contributed by atoms with Gasteiger partial charge in [0.05, 0.1) is 0 Å². The third-order valence-electron chi connectivity index (χ3n) is 3.05. The van der Waals surface area contributed by atoms with Gasteiger partial charge in [0.2, 0.25) is 0 Å². The molecule has 0 heterocycles. The Bertz CT molecular complexity index is 355. The highest BCUT2D eigenvalue weighted by atomic mass is 16.5. The van der Waals surface area contributed by atoms with E-state index in [2.05, 4.69) is 31.2 Å². The fourth-order valence-corrected chi connectivity index (χ4v) is 2.01. The Hall–Kier alpha value is -1.35. The Morgan fingerprint density at radius 2 is 2.26 bits per heavy atom. The summed E-state index contributed by atoms with van der Waals surface area (Å²) in [4.78, 5) is 10.4. The average Bonchev–Trinajstić information content (AvgIpc) is 2.41. The molecule has 0 saturated heterocycles. The smallest absolute Gasteiger partial charge is 0.303 e. The van der Waals surface area contributed by atoms with Gasteiger partial charge in [-0.25, -0.2) is 0 Å². The number of hydrogen-bond donors (Lipinski definition) is 1. The van der Waals surface area contributed by atoms with E-state index >= 15 is 0 Å². The van der Waals surface area contributed by atoms with Gasteiger partial charge in [0, 0.05) is 19.4 Å². The highest BCUT2D eigenvalue weighted by molar-refractivity contribution is 5.66. The molecule has 0 aromatic carbocycles. The summed E-state index contributed by atoms with van der Waals surface area (Å²) in [5.74, 6) is -0.716. The molecule has 106 valence electrons. The molecule has 19 heavy (non-hydrogen) atoms. The highest BCUT2D eigenvalue weighted by Gasteiger charge is 2.23. The number of unbranched alkanes of at least 4 members (excludes halogenated alkanes) is 2. The second kappa shape index (κ2) is 8.70. The minimum absolute atomic E-state index is 0.258. The molecule has 1 N–H and O–H groups in total. The van der Waals surface area contributed by atoms with Gasteiger partial charge in [-0.3, -0.25) is 4.79 Å². The summed E-state index contributed by atoms with van der Waals surface area (Å²) in [6, 6.07) is 0. The van der Waals surface area contributed by atoms with Crippen molar-refractivity contribution < 1.29 is 14.6 Å². The van der Waals surface area contributed by atoms with Crippen molar-refractivity contribution in [1.82, 2.24) is 0 Å². The Kier molecular flexibility index (Phi) is 7.19. The molecule has 3 nitrogen and oxygen atoms in total. The predicted octanol–water partition coefficient (Wildman–Crippen LogP) is 3.87. The highest BCUT2D eigenvalue weighted by Crippen LogP contribution is 2.25. The molecule has 1 rings (SSSR count). The van der Waals surface area contributed by atoms with E-state index in [-0.39, 0.29) is 12.0 Å². The molecule has 1 unspecified atom stereocenters. The number of allylic oxidation sites excluding steroid dienone is 3. The first-order valence-electron chi connectivity index (χ1n) is 7.06. The van der Waals surface area contributed by atoms with E-state index in [1.165, 1.54) is 0 Å². The second-order valence-electron chi connectivity index (χ2n) is 4.84. The molecule has 1 atom stereocenters. The molecular formula is C16H24O3. The molecule has 0 amide bonds. The van der Waals surface area contributed by atoms with Crippen LogP contribution in [-0.4, -0.2) is 23.3 Å². The van der Waals surface area contributed by atoms with E-state index in [1.807, 2.05) is 12.2 Å². The average molecular weight is 264 g/mol. The van der Waals surface area contributed by atoms with Crippen LogP contribution in [0.15, 0.2) is 36.5 Å². The zero-order valence-electron chi connectivity index (χ0n) is 11.7. The molecule has 0 spiro atoms. The van der Waals surface area contributed by atoms with Gasteiger partial charge in [-0.05, 0) is 31.8 Å². The quantitative estimate of drug-likeness (QED) is 0.508. The van der Waals surface area contributed by atoms with Crippen LogP contribution in [0, 0.1) is 0 Å². The summed E-state index contributed by atoms with van der Waals surface area (Å²) >= 11 is 0. The maximum Gasteiger partial charge on any atom is 0.303 e. The van der Waals surface area contributed by atoms with Crippen molar-refractivity contribution >= 4 is 5.97 Å². The van der Waals surface area contributed by atoms with Gasteiger partial charge in [-0.1, -0.05) is 37.3 Å². The maximum atomic E-state index is 10.4. The Labute approximate surface area is 115 Å². The number of ether oxygens (including phenoxy) is 1. The summed E-state index contributed by atoms with van der Waals surface area (Å²) in [7, 11) is 0. The minimum Gasteiger partial charge on any atom is -0.481 e. The first-order valence-corrected chi connectivity index (χ1v) is 7.06. The molecule has 0 saturated carbocycles. The van der Waals surface area contributed by atoms with E-state index in [1.54, 1.807) is 0 Å². The largest absolute Gasteiger partial charge is 0.481 e. The summed E-state index contributed by atoms with van der Waals surface area (Å²) in [5, 5.41) is 8.56. The van der Waals surface area contributed by atoms with Crippen LogP contribution in [0.25, 0.3) is 0 Å². The third-order valence-corrected chi connectivity index (χ3v) is 3.05. The van der Waals surface area contributed by atoms with Crippen LogP contribution in [0.2, 0.25) is 0 Å².